The summed E-state index contributed by atoms with van der Waals surface area (Å²) in [6.45, 7) is 6.39. The molecular weight excluding hydrogens is 300 g/mol. The molecule has 1 amide bonds. The molecule has 116 valence electrons. The van der Waals surface area contributed by atoms with E-state index in [1.807, 2.05) is 11.8 Å². The predicted molar refractivity (Wildman–Crippen MR) is 90.8 cm³/mol. The Labute approximate surface area is 135 Å². The number of rotatable bonds is 3. The Kier molecular flexibility index (Phi) is 4.62. The van der Waals surface area contributed by atoms with E-state index in [-0.39, 0.29) is 12.2 Å². The highest BCUT2D eigenvalue weighted by molar-refractivity contribution is 7.99. The van der Waals surface area contributed by atoms with Crippen molar-refractivity contribution < 1.29 is 4.79 Å². The molecule has 2 saturated heterocycles. The largest absolute Gasteiger partial charge is 0.317 e. The van der Waals surface area contributed by atoms with Gasteiger partial charge in [0.05, 0.1) is 6.04 Å². The first-order chi connectivity index (χ1) is 10.1. The Bertz CT molecular complexity index is 508. The van der Waals surface area contributed by atoms with Crippen LogP contribution in [-0.4, -0.2) is 34.4 Å². The zero-order chi connectivity index (χ0) is 15.0. The van der Waals surface area contributed by atoms with Gasteiger partial charge in [0.25, 0.3) is 0 Å². The number of amides is 1. The first-order valence-corrected chi connectivity index (χ1v) is 9.77. The number of nitrogens with zero attached hydrogens (tertiary/aromatic N) is 1. The molecule has 2 aliphatic heterocycles. The van der Waals surface area contributed by atoms with Crippen molar-refractivity contribution in [3.05, 3.63) is 21.9 Å². The van der Waals surface area contributed by atoms with Crippen molar-refractivity contribution in [2.24, 2.45) is 5.92 Å². The van der Waals surface area contributed by atoms with Gasteiger partial charge in [-0.25, -0.2) is 0 Å². The molecule has 3 atom stereocenters. The molecule has 0 spiro atoms. The van der Waals surface area contributed by atoms with Crippen LogP contribution in [0.1, 0.15) is 42.6 Å². The van der Waals surface area contributed by atoms with Crippen molar-refractivity contribution in [2.75, 3.05) is 11.5 Å². The Hall–Kier alpha value is -0.520. The van der Waals surface area contributed by atoms with Crippen LogP contribution in [0.4, 0.5) is 0 Å². The first-order valence-electron chi connectivity index (χ1n) is 7.80. The zero-order valence-corrected chi connectivity index (χ0v) is 14.6. The molecule has 3 heterocycles. The van der Waals surface area contributed by atoms with Crippen LogP contribution in [0.2, 0.25) is 0 Å². The summed E-state index contributed by atoms with van der Waals surface area (Å²) in [5, 5.41) is 3.59. The third kappa shape index (κ3) is 3.01. The summed E-state index contributed by atoms with van der Waals surface area (Å²) >= 11 is 3.79. The Morgan fingerprint density at radius 2 is 2.19 bits per heavy atom. The van der Waals surface area contributed by atoms with E-state index >= 15 is 0 Å². The number of carbonyl (C=O) groups is 1. The Morgan fingerprint density at radius 3 is 2.76 bits per heavy atom. The quantitative estimate of drug-likeness (QED) is 0.925. The third-order valence-corrected chi connectivity index (χ3v) is 6.61. The van der Waals surface area contributed by atoms with E-state index < -0.39 is 0 Å². The van der Waals surface area contributed by atoms with Crippen molar-refractivity contribution in [3.63, 3.8) is 0 Å². The van der Waals surface area contributed by atoms with Crippen LogP contribution in [0, 0.1) is 12.8 Å². The summed E-state index contributed by atoms with van der Waals surface area (Å²) in [6, 6.07) is 4.68. The fraction of sp³-hybridized carbons (Fsp3) is 0.688. The average Bonchev–Trinajstić information content (AvgIpc) is 3.03. The van der Waals surface area contributed by atoms with E-state index in [0.29, 0.717) is 17.9 Å². The highest BCUT2D eigenvalue weighted by atomic mass is 32.2. The molecule has 2 fully saturated rings. The smallest absolute Gasteiger partial charge is 0.241 e. The molecule has 3 rings (SSSR count). The van der Waals surface area contributed by atoms with Crippen molar-refractivity contribution in [2.45, 2.75) is 51.9 Å². The molecule has 1 aromatic heterocycles. The summed E-state index contributed by atoms with van der Waals surface area (Å²) in [6.07, 6.45) is 2.44. The van der Waals surface area contributed by atoms with Crippen molar-refractivity contribution in [1.82, 2.24) is 10.2 Å². The summed E-state index contributed by atoms with van der Waals surface area (Å²) < 4.78 is 0. The highest BCUT2D eigenvalue weighted by Gasteiger charge is 2.44. The predicted octanol–water partition coefficient (Wildman–Crippen LogP) is 3.41. The minimum Gasteiger partial charge on any atom is -0.317 e. The molecule has 2 aliphatic rings. The second-order valence-corrected chi connectivity index (χ2v) is 8.83. The number of thiophene rings is 1. The fourth-order valence-electron chi connectivity index (χ4n) is 3.24. The number of thioether (sulfide) groups is 1. The zero-order valence-electron chi connectivity index (χ0n) is 13.0. The average molecular weight is 325 g/mol. The van der Waals surface area contributed by atoms with Gasteiger partial charge in [0.2, 0.25) is 5.91 Å². The second kappa shape index (κ2) is 6.31. The molecule has 0 aromatic carbocycles. The maximum absolute atomic E-state index is 12.9. The van der Waals surface area contributed by atoms with E-state index in [9.17, 15) is 4.79 Å². The molecule has 0 saturated carbocycles. The van der Waals surface area contributed by atoms with Crippen LogP contribution in [-0.2, 0) is 4.79 Å². The van der Waals surface area contributed by atoms with Gasteiger partial charge in [0.1, 0.15) is 6.17 Å². The number of hydrogen-bond acceptors (Lipinski definition) is 4. The van der Waals surface area contributed by atoms with Gasteiger partial charge >= 0.3 is 0 Å². The van der Waals surface area contributed by atoms with Gasteiger partial charge < -0.3 is 4.90 Å². The van der Waals surface area contributed by atoms with Crippen LogP contribution in [0.5, 0.6) is 0 Å². The lowest BCUT2D eigenvalue weighted by molar-refractivity contribution is -0.132. The van der Waals surface area contributed by atoms with Crippen LogP contribution < -0.4 is 5.32 Å². The van der Waals surface area contributed by atoms with E-state index in [0.717, 1.165) is 12.2 Å². The van der Waals surface area contributed by atoms with E-state index in [1.165, 1.54) is 21.9 Å². The number of hydrogen-bond donors (Lipinski definition) is 1. The van der Waals surface area contributed by atoms with Crippen molar-refractivity contribution >= 4 is 29.0 Å². The monoisotopic (exact) mass is 324 g/mol. The van der Waals surface area contributed by atoms with Gasteiger partial charge in [-0.1, -0.05) is 13.8 Å². The summed E-state index contributed by atoms with van der Waals surface area (Å²) in [5.74, 6) is 2.96. The Balaban J connectivity index is 1.89. The molecule has 1 N–H and O–H groups in total. The Morgan fingerprint density at radius 1 is 1.38 bits per heavy atom. The van der Waals surface area contributed by atoms with Crippen LogP contribution >= 0.6 is 23.1 Å². The minimum absolute atomic E-state index is 0.0377. The summed E-state index contributed by atoms with van der Waals surface area (Å²) in [4.78, 5) is 17.6. The summed E-state index contributed by atoms with van der Waals surface area (Å²) in [5.41, 5.74) is 0. The van der Waals surface area contributed by atoms with Gasteiger partial charge in [-0.3, -0.25) is 10.1 Å². The molecule has 3 unspecified atom stereocenters. The van der Waals surface area contributed by atoms with Crippen LogP contribution in [0.25, 0.3) is 0 Å². The van der Waals surface area contributed by atoms with Crippen molar-refractivity contribution in [1.29, 1.82) is 0 Å². The van der Waals surface area contributed by atoms with E-state index in [2.05, 4.69) is 43.1 Å². The van der Waals surface area contributed by atoms with Gasteiger partial charge in [0.15, 0.2) is 0 Å². The lowest BCUT2D eigenvalue weighted by Gasteiger charge is -2.34. The van der Waals surface area contributed by atoms with Crippen LogP contribution in [0.3, 0.4) is 0 Å². The van der Waals surface area contributed by atoms with E-state index in [1.54, 1.807) is 11.3 Å². The molecule has 0 aliphatic carbocycles. The minimum atomic E-state index is -0.0377. The SMILES string of the molecule is Cc1ccc(C2NC(C(C)C)C(=O)N2C2CCCSC2)s1. The highest BCUT2D eigenvalue weighted by Crippen LogP contribution is 2.36. The molecule has 1 aromatic rings. The molecule has 5 heteroatoms. The third-order valence-electron chi connectivity index (χ3n) is 4.36. The normalized spacial score (nSPS) is 30.4. The molecule has 21 heavy (non-hydrogen) atoms. The molecule has 3 nitrogen and oxygen atoms in total. The number of carbonyl (C=O) groups excluding carboxylic acids is 1. The number of aryl methyl sites for hydroxylation is 1. The standard InChI is InChI=1S/C16H24N2OS2/c1-10(2)14-16(19)18(12-5-4-8-20-9-12)15(17-14)13-7-6-11(3)21-13/h6-7,10,12,14-15,17H,4-5,8-9H2,1-3H3. The van der Waals surface area contributed by atoms with Crippen LogP contribution in [0.15, 0.2) is 12.1 Å². The number of nitrogens with one attached hydrogen (secondary N) is 1. The molecule has 0 bridgehead atoms. The first kappa shape index (κ1) is 15.4. The lowest BCUT2D eigenvalue weighted by Crippen LogP contribution is -2.43. The van der Waals surface area contributed by atoms with Gasteiger partial charge in [-0.15, -0.1) is 11.3 Å². The molecular formula is C16H24N2OS2. The van der Waals surface area contributed by atoms with E-state index in [4.69, 9.17) is 0 Å². The topological polar surface area (TPSA) is 32.3 Å². The molecule has 0 radical (unpaired) electrons. The van der Waals surface area contributed by atoms with Gasteiger partial charge in [0, 0.05) is 21.5 Å². The lowest BCUT2D eigenvalue weighted by atomic mass is 10.0. The second-order valence-electron chi connectivity index (χ2n) is 6.36. The maximum Gasteiger partial charge on any atom is 0.241 e. The maximum atomic E-state index is 12.9. The summed E-state index contributed by atoms with van der Waals surface area (Å²) in [7, 11) is 0. The van der Waals surface area contributed by atoms with Crippen molar-refractivity contribution in [3.8, 4) is 0 Å². The van der Waals surface area contributed by atoms with Gasteiger partial charge in [-0.2, -0.15) is 11.8 Å². The fourth-order valence-corrected chi connectivity index (χ4v) is 5.31. The van der Waals surface area contributed by atoms with Gasteiger partial charge in [-0.05, 0) is 43.6 Å².